The number of carboxylic acid groups (broad SMARTS) is 1. The lowest BCUT2D eigenvalue weighted by Gasteiger charge is -2.32. The molecule has 2 atom stereocenters. The number of carbonyl (C=O) groups is 2. The van der Waals surface area contributed by atoms with E-state index in [1.807, 2.05) is 0 Å². The van der Waals surface area contributed by atoms with Gasteiger partial charge in [0.05, 0.1) is 13.2 Å². The van der Waals surface area contributed by atoms with Gasteiger partial charge in [0, 0.05) is 13.0 Å². The fourth-order valence-electron chi connectivity index (χ4n) is 2.23. The number of amides is 1. The largest absolute Gasteiger partial charge is 0.479 e. The highest BCUT2D eigenvalue weighted by molar-refractivity contribution is 5.78. The highest BCUT2D eigenvalue weighted by Crippen LogP contribution is 2.20. The van der Waals surface area contributed by atoms with Gasteiger partial charge < -0.3 is 14.7 Å². The number of carbonyl (C=O) groups excluding carboxylic acids is 1. The smallest absolute Gasteiger partial charge is 0.334 e. The molecule has 2 unspecified atom stereocenters. The highest BCUT2D eigenvalue weighted by Gasteiger charge is 2.29. The third-order valence-corrected chi connectivity index (χ3v) is 3.60. The standard InChI is InChI=1S/C13H23NO4/c1-4-10(9(2)3)7-12(15)14-5-6-18-11(8-14)13(16)17/h9-11H,4-8H2,1-3H3,(H,16,17). The summed E-state index contributed by atoms with van der Waals surface area (Å²) < 4.78 is 5.11. The Labute approximate surface area is 108 Å². The van der Waals surface area contributed by atoms with Crippen molar-refractivity contribution < 1.29 is 19.4 Å². The van der Waals surface area contributed by atoms with Crippen LogP contribution in [0.25, 0.3) is 0 Å². The average Bonchev–Trinajstić information content (AvgIpc) is 2.35. The lowest BCUT2D eigenvalue weighted by molar-refractivity contribution is -0.159. The van der Waals surface area contributed by atoms with E-state index in [1.165, 1.54) is 0 Å². The summed E-state index contributed by atoms with van der Waals surface area (Å²) in [6.07, 6.45) is 0.596. The minimum Gasteiger partial charge on any atom is -0.479 e. The van der Waals surface area contributed by atoms with E-state index in [0.717, 1.165) is 6.42 Å². The summed E-state index contributed by atoms with van der Waals surface area (Å²) in [7, 11) is 0. The first-order valence-corrected chi connectivity index (χ1v) is 6.57. The number of rotatable bonds is 5. The first-order chi connectivity index (χ1) is 8.45. The maximum atomic E-state index is 12.1. The van der Waals surface area contributed by atoms with Gasteiger partial charge in [-0.25, -0.2) is 4.79 Å². The summed E-state index contributed by atoms with van der Waals surface area (Å²) in [5.41, 5.74) is 0. The molecule has 1 heterocycles. The number of hydrogen-bond acceptors (Lipinski definition) is 3. The van der Waals surface area contributed by atoms with Gasteiger partial charge in [-0.05, 0) is 11.8 Å². The van der Waals surface area contributed by atoms with E-state index in [0.29, 0.717) is 31.4 Å². The second kappa shape index (κ2) is 6.73. The van der Waals surface area contributed by atoms with Crippen LogP contribution in [0.3, 0.4) is 0 Å². The van der Waals surface area contributed by atoms with E-state index in [4.69, 9.17) is 9.84 Å². The monoisotopic (exact) mass is 257 g/mol. The van der Waals surface area contributed by atoms with Crippen LogP contribution in [0.1, 0.15) is 33.6 Å². The molecule has 1 fully saturated rings. The molecule has 5 nitrogen and oxygen atoms in total. The molecule has 0 aliphatic carbocycles. The van der Waals surface area contributed by atoms with Crippen molar-refractivity contribution in [2.24, 2.45) is 11.8 Å². The van der Waals surface area contributed by atoms with Gasteiger partial charge >= 0.3 is 5.97 Å². The molecule has 0 bridgehead atoms. The average molecular weight is 257 g/mol. The number of aliphatic carboxylic acids is 1. The molecular formula is C13H23NO4. The molecule has 1 aliphatic heterocycles. The Hall–Kier alpha value is -1.10. The van der Waals surface area contributed by atoms with Crippen LogP contribution < -0.4 is 0 Å². The third kappa shape index (κ3) is 3.98. The van der Waals surface area contributed by atoms with Crippen molar-refractivity contribution in [3.05, 3.63) is 0 Å². The van der Waals surface area contributed by atoms with E-state index in [1.54, 1.807) is 4.90 Å². The molecule has 1 saturated heterocycles. The second-order valence-corrected chi connectivity index (χ2v) is 5.15. The molecule has 18 heavy (non-hydrogen) atoms. The maximum Gasteiger partial charge on any atom is 0.334 e. The van der Waals surface area contributed by atoms with Gasteiger partial charge in [-0.15, -0.1) is 0 Å². The molecule has 0 radical (unpaired) electrons. The summed E-state index contributed by atoms with van der Waals surface area (Å²) in [6.45, 7) is 7.28. The van der Waals surface area contributed by atoms with Crippen LogP contribution in [0.5, 0.6) is 0 Å². The first kappa shape index (κ1) is 15.0. The number of hydrogen-bond donors (Lipinski definition) is 1. The normalized spacial score (nSPS) is 22.0. The van der Waals surface area contributed by atoms with Crippen molar-refractivity contribution in [1.82, 2.24) is 4.90 Å². The van der Waals surface area contributed by atoms with Crippen molar-refractivity contribution in [1.29, 1.82) is 0 Å². The molecule has 104 valence electrons. The zero-order chi connectivity index (χ0) is 13.7. The molecule has 0 saturated carbocycles. The lowest BCUT2D eigenvalue weighted by Crippen LogP contribution is -2.49. The molecule has 1 aliphatic rings. The van der Waals surface area contributed by atoms with E-state index in [-0.39, 0.29) is 12.5 Å². The van der Waals surface area contributed by atoms with Crippen LogP contribution >= 0.6 is 0 Å². The summed E-state index contributed by atoms with van der Waals surface area (Å²) in [4.78, 5) is 24.6. The highest BCUT2D eigenvalue weighted by atomic mass is 16.5. The van der Waals surface area contributed by atoms with Crippen molar-refractivity contribution in [3.8, 4) is 0 Å². The van der Waals surface area contributed by atoms with Gasteiger partial charge in [0.25, 0.3) is 0 Å². The van der Waals surface area contributed by atoms with Gasteiger partial charge in [-0.2, -0.15) is 0 Å². The topological polar surface area (TPSA) is 66.8 Å². The van der Waals surface area contributed by atoms with Crippen molar-refractivity contribution >= 4 is 11.9 Å². The van der Waals surface area contributed by atoms with E-state index < -0.39 is 12.1 Å². The molecular weight excluding hydrogens is 234 g/mol. The first-order valence-electron chi connectivity index (χ1n) is 6.57. The molecule has 0 aromatic heterocycles. The van der Waals surface area contributed by atoms with Crippen molar-refractivity contribution in [2.75, 3.05) is 19.7 Å². The Morgan fingerprint density at radius 1 is 1.44 bits per heavy atom. The minimum atomic E-state index is -0.997. The number of morpholine rings is 1. The predicted octanol–water partition coefficient (Wildman–Crippen LogP) is 1.37. The van der Waals surface area contributed by atoms with Crippen LogP contribution in [0.4, 0.5) is 0 Å². The molecule has 0 aromatic carbocycles. The zero-order valence-corrected chi connectivity index (χ0v) is 11.4. The number of nitrogens with zero attached hydrogens (tertiary/aromatic N) is 1. The van der Waals surface area contributed by atoms with E-state index in [2.05, 4.69) is 20.8 Å². The third-order valence-electron chi connectivity index (χ3n) is 3.60. The molecule has 5 heteroatoms. The molecule has 1 amide bonds. The second-order valence-electron chi connectivity index (χ2n) is 5.15. The number of carboxylic acids is 1. The summed E-state index contributed by atoms with van der Waals surface area (Å²) >= 11 is 0. The van der Waals surface area contributed by atoms with Crippen LogP contribution in [0, 0.1) is 11.8 Å². The Morgan fingerprint density at radius 2 is 2.11 bits per heavy atom. The van der Waals surface area contributed by atoms with Gasteiger partial charge in [-0.3, -0.25) is 4.79 Å². The molecule has 1 rings (SSSR count). The van der Waals surface area contributed by atoms with Gasteiger partial charge in [-0.1, -0.05) is 27.2 Å². The Kier molecular flexibility index (Phi) is 5.59. The van der Waals surface area contributed by atoms with Crippen molar-refractivity contribution in [2.45, 2.75) is 39.7 Å². The summed E-state index contributed by atoms with van der Waals surface area (Å²) in [5.74, 6) is -0.118. The van der Waals surface area contributed by atoms with Crippen LogP contribution in [0.15, 0.2) is 0 Å². The molecule has 1 N–H and O–H groups in total. The summed E-state index contributed by atoms with van der Waals surface area (Å²) in [5, 5.41) is 8.89. The van der Waals surface area contributed by atoms with Crippen LogP contribution in [-0.4, -0.2) is 47.7 Å². The van der Waals surface area contributed by atoms with Gasteiger partial charge in [0.1, 0.15) is 0 Å². The maximum absolute atomic E-state index is 12.1. The van der Waals surface area contributed by atoms with Gasteiger partial charge in [0.15, 0.2) is 6.10 Å². The Morgan fingerprint density at radius 3 is 2.61 bits per heavy atom. The van der Waals surface area contributed by atoms with E-state index in [9.17, 15) is 9.59 Å². The molecule has 0 aromatic rings. The minimum absolute atomic E-state index is 0.0464. The lowest BCUT2D eigenvalue weighted by atomic mass is 9.89. The SMILES string of the molecule is CCC(CC(=O)N1CCOC(C(=O)O)C1)C(C)C. The Balaban J connectivity index is 2.53. The Bertz CT molecular complexity index is 303. The van der Waals surface area contributed by atoms with Crippen LogP contribution in [-0.2, 0) is 14.3 Å². The fraction of sp³-hybridized carbons (Fsp3) is 0.846. The number of ether oxygens (including phenoxy) is 1. The predicted molar refractivity (Wildman–Crippen MR) is 67.2 cm³/mol. The quantitative estimate of drug-likeness (QED) is 0.807. The van der Waals surface area contributed by atoms with E-state index >= 15 is 0 Å². The summed E-state index contributed by atoms with van der Waals surface area (Å²) in [6, 6.07) is 0. The fourth-order valence-corrected chi connectivity index (χ4v) is 2.23. The van der Waals surface area contributed by atoms with Gasteiger partial charge in [0.2, 0.25) is 5.91 Å². The van der Waals surface area contributed by atoms with Crippen molar-refractivity contribution in [3.63, 3.8) is 0 Å². The van der Waals surface area contributed by atoms with Crippen LogP contribution in [0.2, 0.25) is 0 Å². The molecule has 0 spiro atoms. The zero-order valence-electron chi connectivity index (χ0n) is 11.4.